The van der Waals surface area contributed by atoms with Crippen LogP contribution in [-0.2, 0) is 14.8 Å². The molecule has 3 aromatic rings. The molecule has 1 N–H and O–H groups in total. The third-order valence-electron chi connectivity index (χ3n) is 5.39. The summed E-state index contributed by atoms with van der Waals surface area (Å²) in [5.41, 5.74) is 3.31. The van der Waals surface area contributed by atoms with Crippen LogP contribution in [0.5, 0.6) is 11.5 Å². The second-order valence-corrected chi connectivity index (χ2v) is 10.8. The highest BCUT2D eigenvalue weighted by atomic mass is 79.9. The molecule has 0 saturated carbocycles. The third kappa shape index (κ3) is 6.98. The van der Waals surface area contributed by atoms with Crippen LogP contribution in [0.1, 0.15) is 5.56 Å². The first-order valence-electron chi connectivity index (χ1n) is 11.0. The van der Waals surface area contributed by atoms with Crippen molar-refractivity contribution < 1.29 is 17.9 Å². The summed E-state index contributed by atoms with van der Waals surface area (Å²) in [6.07, 6.45) is 1.55. The molecule has 1 aliphatic heterocycles. The van der Waals surface area contributed by atoms with Gasteiger partial charge in [-0.3, -0.25) is 9.69 Å². The van der Waals surface area contributed by atoms with Crippen LogP contribution in [0.4, 0.5) is 0 Å². The van der Waals surface area contributed by atoms with E-state index in [1.807, 2.05) is 59.5 Å². The lowest BCUT2D eigenvalue weighted by atomic mass is 10.2. The van der Waals surface area contributed by atoms with Gasteiger partial charge in [0.25, 0.3) is 5.91 Å². The summed E-state index contributed by atoms with van der Waals surface area (Å²) in [6.45, 7) is 1.71. The van der Waals surface area contributed by atoms with E-state index in [0.717, 1.165) is 15.8 Å². The summed E-state index contributed by atoms with van der Waals surface area (Å²) in [4.78, 5) is 14.5. The summed E-state index contributed by atoms with van der Waals surface area (Å²) >= 11 is 3.32. The smallest absolute Gasteiger partial charge is 0.254 e. The fourth-order valence-corrected chi connectivity index (χ4v) is 5.27. The van der Waals surface area contributed by atoms with Crippen molar-refractivity contribution in [2.45, 2.75) is 4.90 Å². The van der Waals surface area contributed by atoms with Crippen LogP contribution in [-0.4, -0.2) is 62.5 Å². The van der Waals surface area contributed by atoms with Crippen LogP contribution < -0.4 is 10.2 Å². The number of hydrogen-bond acceptors (Lipinski definition) is 6. The molecule has 182 valence electrons. The van der Waals surface area contributed by atoms with Gasteiger partial charge in [0.1, 0.15) is 11.5 Å². The van der Waals surface area contributed by atoms with Crippen LogP contribution in [0.25, 0.3) is 0 Å². The van der Waals surface area contributed by atoms with Crippen molar-refractivity contribution in [3.05, 3.63) is 88.9 Å². The van der Waals surface area contributed by atoms with E-state index in [1.54, 1.807) is 30.5 Å². The number of rotatable bonds is 8. The van der Waals surface area contributed by atoms with Gasteiger partial charge in [-0.05, 0) is 54.1 Å². The number of piperazine rings is 1. The number of nitrogens with zero attached hydrogens (tertiary/aromatic N) is 3. The van der Waals surface area contributed by atoms with Crippen molar-refractivity contribution in [2.24, 2.45) is 5.10 Å². The molecule has 4 rings (SSSR count). The Morgan fingerprint density at radius 3 is 2.34 bits per heavy atom. The topological polar surface area (TPSA) is 91.3 Å². The van der Waals surface area contributed by atoms with E-state index in [0.29, 0.717) is 31.9 Å². The average Bonchev–Trinajstić information content (AvgIpc) is 2.85. The minimum atomic E-state index is -3.55. The van der Waals surface area contributed by atoms with Crippen LogP contribution in [0.3, 0.4) is 0 Å². The number of benzene rings is 3. The lowest BCUT2D eigenvalue weighted by Gasteiger charge is -2.33. The van der Waals surface area contributed by atoms with Crippen molar-refractivity contribution in [2.75, 3.05) is 32.7 Å². The predicted octanol–water partition coefficient (Wildman–Crippen LogP) is 3.70. The summed E-state index contributed by atoms with van der Waals surface area (Å²) in [6, 6.07) is 23.4. The summed E-state index contributed by atoms with van der Waals surface area (Å²) < 4.78 is 33.7. The fourth-order valence-electron chi connectivity index (χ4n) is 3.58. The van der Waals surface area contributed by atoms with Gasteiger partial charge in [-0.1, -0.05) is 46.3 Å². The Hall–Kier alpha value is -3.05. The molecule has 1 saturated heterocycles. The first-order chi connectivity index (χ1) is 16.9. The number of carbonyl (C=O) groups excluding carboxylic acids is 1. The van der Waals surface area contributed by atoms with Crippen molar-refractivity contribution in [1.29, 1.82) is 0 Å². The molecule has 3 aromatic carbocycles. The van der Waals surface area contributed by atoms with Gasteiger partial charge in [0.15, 0.2) is 0 Å². The van der Waals surface area contributed by atoms with Gasteiger partial charge in [-0.25, -0.2) is 13.8 Å². The van der Waals surface area contributed by atoms with Crippen molar-refractivity contribution in [3.8, 4) is 11.5 Å². The lowest BCUT2D eigenvalue weighted by molar-refractivity contribution is -0.122. The molecule has 0 aromatic heterocycles. The van der Waals surface area contributed by atoms with Gasteiger partial charge in [-0.2, -0.15) is 9.41 Å². The molecule has 0 spiro atoms. The zero-order valence-corrected chi connectivity index (χ0v) is 21.3. The van der Waals surface area contributed by atoms with Crippen molar-refractivity contribution in [3.63, 3.8) is 0 Å². The van der Waals surface area contributed by atoms with E-state index in [9.17, 15) is 13.2 Å². The molecule has 0 atom stereocenters. The number of nitrogens with one attached hydrogen (secondary N) is 1. The molecule has 1 amide bonds. The molecular formula is C25H25BrN4O4S. The molecular weight excluding hydrogens is 532 g/mol. The molecule has 1 heterocycles. The van der Waals surface area contributed by atoms with E-state index in [4.69, 9.17) is 4.74 Å². The van der Waals surface area contributed by atoms with E-state index in [1.165, 1.54) is 4.31 Å². The number of sulfonamides is 1. The minimum Gasteiger partial charge on any atom is -0.457 e. The largest absolute Gasteiger partial charge is 0.457 e. The molecule has 0 unspecified atom stereocenters. The maximum absolute atomic E-state index is 12.8. The molecule has 1 aliphatic rings. The number of hydrogen-bond donors (Lipinski definition) is 1. The highest BCUT2D eigenvalue weighted by molar-refractivity contribution is 9.10. The fraction of sp³-hybridized carbons (Fsp3) is 0.200. The standard InChI is InChI=1S/C25H25BrN4O4S/c26-21-9-11-24(12-10-21)35(32,33)30-15-13-29(14-16-30)19-25(31)28-27-18-20-5-4-8-23(17-20)34-22-6-2-1-3-7-22/h1-12,17-18H,13-16,19H2,(H,28,31). The first kappa shape index (κ1) is 25.1. The van der Waals surface area contributed by atoms with E-state index >= 15 is 0 Å². The molecule has 10 heteroatoms. The molecule has 0 radical (unpaired) electrons. The average molecular weight is 557 g/mol. The Bertz CT molecular complexity index is 1280. The molecule has 35 heavy (non-hydrogen) atoms. The number of ether oxygens (including phenoxy) is 1. The van der Waals surface area contributed by atoms with Gasteiger partial charge in [0.05, 0.1) is 17.7 Å². The Morgan fingerprint density at radius 2 is 1.63 bits per heavy atom. The zero-order chi connectivity index (χ0) is 24.7. The molecule has 0 aliphatic carbocycles. The summed E-state index contributed by atoms with van der Waals surface area (Å²) in [5, 5.41) is 4.04. The van der Waals surface area contributed by atoms with Gasteiger partial charge in [-0.15, -0.1) is 0 Å². The monoisotopic (exact) mass is 556 g/mol. The second kappa shape index (κ2) is 11.6. The first-order valence-corrected chi connectivity index (χ1v) is 13.3. The Balaban J connectivity index is 1.24. The summed E-state index contributed by atoms with van der Waals surface area (Å²) in [5.74, 6) is 1.14. The van der Waals surface area contributed by atoms with Crippen LogP contribution in [0.2, 0.25) is 0 Å². The maximum atomic E-state index is 12.8. The van der Waals surface area contributed by atoms with Crippen LogP contribution in [0, 0.1) is 0 Å². The number of carbonyl (C=O) groups is 1. The maximum Gasteiger partial charge on any atom is 0.254 e. The Kier molecular flexibility index (Phi) is 8.29. The molecule has 0 bridgehead atoms. The molecule has 8 nitrogen and oxygen atoms in total. The third-order valence-corrected chi connectivity index (χ3v) is 7.83. The highest BCUT2D eigenvalue weighted by Gasteiger charge is 2.28. The van der Waals surface area contributed by atoms with Gasteiger partial charge >= 0.3 is 0 Å². The van der Waals surface area contributed by atoms with Crippen LogP contribution in [0.15, 0.2) is 93.3 Å². The second-order valence-electron chi connectivity index (χ2n) is 7.91. The normalized spacial score (nSPS) is 15.2. The van der Waals surface area contributed by atoms with E-state index in [-0.39, 0.29) is 17.3 Å². The zero-order valence-electron chi connectivity index (χ0n) is 18.9. The van der Waals surface area contributed by atoms with Gasteiger partial charge in [0.2, 0.25) is 10.0 Å². The minimum absolute atomic E-state index is 0.140. The van der Waals surface area contributed by atoms with Gasteiger partial charge < -0.3 is 4.74 Å². The number of amides is 1. The van der Waals surface area contributed by atoms with E-state index in [2.05, 4.69) is 26.5 Å². The number of para-hydroxylation sites is 1. The Morgan fingerprint density at radius 1 is 0.943 bits per heavy atom. The highest BCUT2D eigenvalue weighted by Crippen LogP contribution is 2.22. The summed E-state index contributed by atoms with van der Waals surface area (Å²) in [7, 11) is -3.55. The van der Waals surface area contributed by atoms with E-state index < -0.39 is 10.0 Å². The van der Waals surface area contributed by atoms with Crippen molar-refractivity contribution in [1.82, 2.24) is 14.6 Å². The Labute approximate surface area is 213 Å². The van der Waals surface area contributed by atoms with Crippen LogP contribution >= 0.6 is 15.9 Å². The molecule has 1 fully saturated rings. The SMILES string of the molecule is O=C(CN1CCN(S(=O)(=O)c2ccc(Br)cc2)CC1)NN=Cc1cccc(Oc2ccccc2)c1. The lowest BCUT2D eigenvalue weighted by Crippen LogP contribution is -2.50. The van der Waals surface area contributed by atoms with Crippen molar-refractivity contribution >= 4 is 38.1 Å². The number of halogens is 1. The van der Waals surface area contributed by atoms with Gasteiger partial charge in [0, 0.05) is 30.7 Å². The number of hydrazone groups is 1. The predicted molar refractivity (Wildman–Crippen MR) is 138 cm³/mol. The quantitative estimate of drug-likeness (QED) is 0.337.